The van der Waals surface area contributed by atoms with E-state index in [1.165, 1.54) is 36.3 Å². The lowest BCUT2D eigenvalue weighted by Gasteiger charge is -2.18. The second-order valence-electron chi connectivity index (χ2n) is 6.97. The van der Waals surface area contributed by atoms with Gasteiger partial charge in [0.1, 0.15) is 16.6 Å². The average Bonchev–Trinajstić information content (AvgIpc) is 2.80. The summed E-state index contributed by atoms with van der Waals surface area (Å²) < 4.78 is 33.6. The van der Waals surface area contributed by atoms with Gasteiger partial charge in [-0.05, 0) is 28.1 Å². The van der Waals surface area contributed by atoms with Gasteiger partial charge in [-0.15, -0.1) is 0 Å². The number of anilines is 2. The average molecular weight is 506 g/mol. The summed E-state index contributed by atoms with van der Waals surface area (Å²) in [4.78, 5) is 19.8. The molecule has 12 nitrogen and oxygen atoms in total. The fourth-order valence-electron chi connectivity index (χ4n) is 2.81. The Hall–Kier alpha value is -3.97. The zero-order valence-electron chi connectivity index (χ0n) is 18.2. The van der Waals surface area contributed by atoms with Crippen molar-refractivity contribution in [3.05, 3.63) is 69.5 Å². The third kappa shape index (κ3) is 5.15. The van der Waals surface area contributed by atoms with Crippen molar-refractivity contribution in [2.75, 3.05) is 31.2 Å². The maximum Gasteiger partial charge on any atom is 0.388 e. The number of hydrogen-bond donors (Lipinski definition) is 3. The summed E-state index contributed by atoms with van der Waals surface area (Å²) in [6.07, 6.45) is 2.32. The van der Waals surface area contributed by atoms with Gasteiger partial charge in [-0.3, -0.25) is 10.1 Å². The smallest absolute Gasteiger partial charge is 0.388 e. The number of nitrogens with zero attached hydrogens (tertiary/aromatic N) is 4. The van der Waals surface area contributed by atoms with E-state index in [2.05, 4.69) is 20.0 Å². The third-order valence-electron chi connectivity index (χ3n) is 4.46. The van der Waals surface area contributed by atoms with Crippen LogP contribution in [0.3, 0.4) is 0 Å². The van der Waals surface area contributed by atoms with E-state index in [0.717, 1.165) is 6.20 Å². The summed E-state index contributed by atoms with van der Waals surface area (Å²) in [5.41, 5.74) is 0.0902. The molecule has 0 saturated carbocycles. The number of nitrogens with one attached hydrogen (secondary N) is 3. The van der Waals surface area contributed by atoms with Crippen LogP contribution in [0.15, 0.2) is 53.7 Å². The molecule has 3 aromatic rings. The van der Waals surface area contributed by atoms with E-state index in [0.29, 0.717) is 0 Å². The molecule has 0 radical (unpaired) electrons. The highest BCUT2D eigenvalue weighted by atomic mass is 35.5. The van der Waals surface area contributed by atoms with Crippen LogP contribution in [-0.4, -0.2) is 55.2 Å². The highest BCUT2D eigenvalue weighted by Gasteiger charge is 2.24. The normalized spacial score (nSPS) is 10.9. The second kappa shape index (κ2) is 9.89. The number of amidine groups is 1. The Kier molecular flexibility index (Phi) is 7.17. The molecule has 0 bridgehead atoms. The number of sulfonamides is 1. The van der Waals surface area contributed by atoms with Crippen molar-refractivity contribution < 1.29 is 18.1 Å². The van der Waals surface area contributed by atoms with Crippen LogP contribution in [0.2, 0.25) is 5.02 Å². The Morgan fingerprint density at radius 3 is 2.47 bits per heavy atom. The van der Waals surface area contributed by atoms with E-state index in [9.17, 15) is 18.5 Å². The molecule has 0 amide bonds. The van der Waals surface area contributed by atoms with E-state index >= 15 is 0 Å². The quantitative estimate of drug-likeness (QED) is 0.180. The molecule has 3 rings (SSSR count). The van der Waals surface area contributed by atoms with Gasteiger partial charge in [0.2, 0.25) is 0 Å². The molecular weight excluding hydrogens is 486 g/mol. The largest absolute Gasteiger partial charge is 0.450 e. The Balaban J connectivity index is 2.01. The number of ether oxygens (including phenoxy) is 1. The van der Waals surface area contributed by atoms with Gasteiger partial charge in [0, 0.05) is 21.1 Å². The molecule has 0 spiro atoms. The number of aromatic nitrogens is 2. The summed E-state index contributed by atoms with van der Waals surface area (Å²) >= 11 is 6.25. The van der Waals surface area contributed by atoms with Gasteiger partial charge >= 0.3 is 5.82 Å². The van der Waals surface area contributed by atoms with Crippen molar-refractivity contribution in [3.63, 3.8) is 0 Å². The molecule has 1 aromatic carbocycles. The first-order valence-corrected chi connectivity index (χ1v) is 11.4. The predicted molar refractivity (Wildman–Crippen MR) is 128 cm³/mol. The molecule has 0 aliphatic carbocycles. The molecular formula is C20H20ClN7O5S. The summed E-state index contributed by atoms with van der Waals surface area (Å²) in [5.74, 6) is -0.507. The van der Waals surface area contributed by atoms with Crippen LogP contribution >= 0.6 is 11.6 Å². The number of hydrogen-bond acceptors (Lipinski definition) is 9. The molecule has 34 heavy (non-hydrogen) atoms. The van der Waals surface area contributed by atoms with E-state index in [1.54, 1.807) is 32.3 Å². The molecule has 14 heteroatoms. The monoisotopic (exact) mass is 505 g/mol. The highest BCUT2D eigenvalue weighted by Crippen LogP contribution is 2.39. The molecule has 0 aliphatic rings. The molecule has 0 unspecified atom stereocenters. The summed E-state index contributed by atoms with van der Waals surface area (Å²) in [5, 5.41) is 22.1. The third-order valence-corrected chi connectivity index (χ3v) is 6.19. The number of rotatable bonds is 8. The Morgan fingerprint density at radius 1 is 1.21 bits per heavy atom. The van der Waals surface area contributed by atoms with Crippen LogP contribution in [0.25, 0.3) is 0 Å². The van der Waals surface area contributed by atoms with Crippen LogP contribution in [-0.2, 0) is 10.0 Å². The minimum absolute atomic E-state index is 0.00151. The van der Waals surface area contributed by atoms with Gasteiger partial charge in [0.05, 0.1) is 16.7 Å². The zero-order valence-corrected chi connectivity index (χ0v) is 19.8. The van der Waals surface area contributed by atoms with Crippen molar-refractivity contribution in [2.45, 2.75) is 4.90 Å². The second-order valence-corrected chi connectivity index (χ2v) is 9.03. The fourth-order valence-corrected chi connectivity index (χ4v) is 4.13. The van der Waals surface area contributed by atoms with E-state index in [-0.39, 0.29) is 44.3 Å². The first-order valence-electron chi connectivity index (χ1n) is 9.57. The van der Waals surface area contributed by atoms with Gasteiger partial charge in [-0.1, -0.05) is 29.8 Å². The van der Waals surface area contributed by atoms with Crippen LogP contribution < -0.4 is 14.8 Å². The number of halogens is 1. The SMILES string of the molecule is CNc1c([N+](=O)[O-])ncc(Oc2cnc(NS(=O)(=O)c3ccccc3)c(C(=N)N(C)C)c2)c1Cl. The van der Waals surface area contributed by atoms with E-state index in [1.807, 2.05) is 0 Å². The highest BCUT2D eigenvalue weighted by molar-refractivity contribution is 7.92. The summed E-state index contributed by atoms with van der Waals surface area (Å²) in [6, 6.07) is 9.12. The molecule has 0 aliphatic heterocycles. The van der Waals surface area contributed by atoms with E-state index in [4.69, 9.17) is 21.7 Å². The molecule has 3 N–H and O–H groups in total. The fraction of sp³-hybridized carbons (Fsp3) is 0.150. The first-order chi connectivity index (χ1) is 16.0. The van der Waals surface area contributed by atoms with Gasteiger partial charge in [-0.2, -0.15) is 0 Å². The maximum atomic E-state index is 12.8. The lowest BCUT2D eigenvalue weighted by atomic mass is 10.2. The van der Waals surface area contributed by atoms with Crippen molar-refractivity contribution in [3.8, 4) is 11.5 Å². The molecule has 0 fully saturated rings. The topological polar surface area (TPSA) is 163 Å². The minimum atomic E-state index is -3.97. The number of pyridine rings is 2. The molecule has 2 heterocycles. The van der Waals surface area contributed by atoms with Crippen LogP contribution in [0.1, 0.15) is 5.56 Å². The van der Waals surface area contributed by atoms with Crippen LogP contribution in [0.5, 0.6) is 11.5 Å². The number of benzene rings is 1. The summed E-state index contributed by atoms with van der Waals surface area (Å²) in [6.45, 7) is 0. The lowest BCUT2D eigenvalue weighted by Crippen LogP contribution is -2.25. The Bertz CT molecular complexity index is 1350. The number of nitro groups is 1. The zero-order chi connectivity index (χ0) is 25.0. The Morgan fingerprint density at radius 2 is 1.88 bits per heavy atom. The van der Waals surface area contributed by atoms with Gasteiger partial charge in [-0.25, -0.2) is 13.4 Å². The van der Waals surface area contributed by atoms with Gasteiger partial charge < -0.3 is 25.1 Å². The molecule has 2 aromatic heterocycles. The summed E-state index contributed by atoms with van der Waals surface area (Å²) in [7, 11) is 0.708. The lowest BCUT2D eigenvalue weighted by molar-refractivity contribution is -0.388. The van der Waals surface area contributed by atoms with Crippen LogP contribution in [0.4, 0.5) is 17.3 Å². The van der Waals surface area contributed by atoms with E-state index < -0.39 is 20.8 Å². The van der Waals surface area contributed by atoms with Crippen molar-refractivity contribution in [1.82, 2.24) is 14.9 Å². The van der Waals surface area contributed by atoms with Crippen molar-refractivity contribution in [2.24, 2.45) is 0 Å². The predicted octanol–water partition coefficient (Wildman–Crippen LogP) is 3.56. The molecule has 0 atom stereocenters. The van der Waals surface area contributed by atoms with Crippen molar-refractivity contribution >= 4 is 44.8 Å². The Labute approximate surface area is 200 Å². The maximum absolute atomic E-state index is 12.8. The van der Waals surface area contributed by atoms with Gasteiger partial charge in [0.15, 0.2) is 23.5 Å². The first kappa shape index (κ1) is 24.7. The molecule has 0 saturated heterocycles. The van der Waals surface area contributed by atoms with Crippen LogP contribution in [0, 0.1) is 15.5 Å². The van der Waals surface area contributed by atoms with Crippen molar-refractivity contribution in [1.29, 1.82) is 5.41 Å². The van der Waals surface area contributed by atoms with Gasteiger partial charge in [0.25, 0.3) is 10.0 Å². The molecule has 178 valence electrons. The standard InChI is InChI=1S/C20H20ClN7O5S/c1-23-17-16(21)15(11-25-20(17)28(29)30)33-12-9-14(18(22)27(2)3)19(24-10-12)26-34(31,32)13-7-5-4-6-8-13/h4-11,22-23H,1-3H3,(H,24,26). The minimum Gasteiger partial charge on any atom is -0.450 e.